The fraction of sp³-hybridized carbons (Fsp3) is 0.333. The number of hydrogen-bond acceptors (Lipinski definition) is 6. The highest BCUT2D eigenvalue weighted by atomic mass is 32.2. The number of nitrogens with zero attached hydrogens (tertiary/aromatic N) is 2. The van der Waals surface area contributed by atoms with Gasteiger partial charge >= 0.3 is 6.01 Å². The molecule has 8 heteroatoms. The van der Waals surface area contributed by atoms with Crippen molar-refractivity contribution >= 4 is 16.0 Å². The van der Waals surface area contributed by atoms with E-state index < -0.39 is 10.0 Å². The molecule has 1 atom stereocenters. The maximum atomic E-state index is 12.2. The molecule has 2 aromatic rings. The monoisotopic (exact) mass is 296 g/mol. The van der Waals surface area contributed by atoms with Crippen LogP contribution in [0.3, 0.4) is 0 Å². The lowest BCUT2D eigenvalue weighted by Gasteiger charge is -2.11. The van der Waals surface area contributed by atoms with Gasteiger partial charge in [-0.15, -0.1) is 0 Å². The van der Waals surface area contributed by atoms with Gasteiger partial charge in [0.2, 0.25) is 0 Å². The van der Waals surface area contributed by atoms with Crippen LogP contribution in [0, 0.1) is 6.92 Å². The largest absolute Gasteiger partial charge is 0.335 e. The van der Waals surface area contributed by atoms with Crippen LogP contribution in [0.5, 0.6) is 0 Å². The number of benzene rings is 1. The lowest BCUT2D eigenvalue weighted by molar-refractivity contribution is 0.429. The van der Waals surface area contributed by atoms with Crippen LogP contribution in [-0.2, 0) is 10.0 Å². The van der Waals surface area contributed by atoms with E-state index in [1.54, 1.807) is 25.1 Å². The number of rotatable bonds is 5. The van der Waals surface area contributed by atoms with Crippen LogP contribution in [0.25, 0.3) is 0 Å². The zero-order chi connectivity index (χ0) is 14.8. The van der Waals surface area contributed by atoms with Crippen molar-refractivity contribution in [3.63, 3.8) is 0 Å². The molecule has 0 aliphatic heterocycles. The van der Waals surface area contributed by atoms with Crippen molar-refractivity contribution in [2.24, 2.45) is 5.73 Å². The van der Waals surface area contributed by atoms with Crippen LogP contribution in [0.1, 0.15) is 30.8 Å². The topological polar surface area (TPSA) is 111 Å². The first kappa shape index (κ1) is 14.5. The molecule has 0 bridgehead atoms. The van der Waals surface area contributed by atoms with Crippen LogP contribution >= 0.6 is 0 Å². The summed E-state index contributed by atoms with van der Waals surface area (Å²) in [6.45, 7) is 3.54. The Balaban J connectivity index is 2.29. The van der Waals surface area contributed by atoms with E-state index in [0.29, 0.717) is 5.82 Å². The highest BCUT2D eigenvalue weighted by Crippen LogP contribution is 2.20. The standard InChI is InChI=1S/C12H16N4O3S/c1-3-11(13)9-5-4-6-10(7-9)20(17,18)16-12-14-8(2)15-19-12/h4-7,11H,3,13H2,1-2H3,(H,14,15,16). The average Bonchev–Trinajstić information content (AvgIpc) is 2.82. The van der Waals surface area contributed by atoms with E-state index in [4.69, 9.17) is 10.3 Å². The molecule has 0 spiro atoms. The highest BCUT2D eigenvalue weighted by Gasteiger charge is 2.18. The predicted molar refractivity (Wildman–Crippen MR) is 73.5 cm³/mol. The van der Waals surface area contributed by atoms with Crippen molar-refractivity contribution in [2.75, 3.05) is 4.72 Å². The summed E-state index contributed by atoms with van der Waals surface area (Å²) in [5, 5.41) is 3.52. The molecule has 0 saturated heterocycles. The van der Waals surface area contributed by atoms with E-state index in [1.165, 1.54) is 6.07 Å². The van der Waals surface area contributed by atoms with E-state index in [0.717, 1.165) is 12.0 Å². The number of nitrogens with one attached hydrogen (secondary N) is 1. The quantitative estimate of drug-likeness (QED) is 0.866. The van der Waals surface area contributed by atoms with E-state index >= 15 is 0 Å². The van der Waals surface area contributed by atoms with Crippen molar-refractivity contribution in [3.8, 4) is 0 Å². The molecule has 1 unspecified atom stereocenters. The SMILES string of the molecule is CCC(N)c1cccc(S(=O)(=O)Nc2nc(C)no2)c1. The Hall–Kier alpha value is -1.93. The molecule has 20 heavy (non-hydrogen) atoms. The number of anilines is 1. The smallest absolute Gasteiger partial charge is 0.324 e. The molecule has 0 aliphatic rings. The molecule has 3 N–H and O–H groups in total. The molecule has 1 heterocycles. The van der Waals surface area contributed by atoms with Crippen LogP contribution in [0.2, 0.25) is 0 Å². The minimum Gasteiger partial charge on any atom is -0.324 e. The van der Waals surface area contributed by atoms with Crippen molar-refractivity contribution in [2.45, 2.75) is 31.2 Å². The second kappa shape index (κ2) is 5.59. The Bertz CT molecular complexity index is 696. The summed E-state index contributed by atoms with van der Waals surface area (Å²) in [5.74, 6) is 0.351. The Morgan fingerprint density at radius 3 is 2.80 bits per heavy atom. The van der Waals surface area contributed by atoms with Crippen LogP contribution < -0.4 is 10.5 Å². The van der Waals surface area contributed by atoms with Gasteiger partial charge < -0.3 is 10.3 Å². The van der Waals surface area contributed by atoms with Gasteiger partial charge in [0.05, 0.1) is 4.90 Å². The van der Waals surface area contributed by atoms with E-state index in [-0.39, 0.29) is 17.0 Å². The molecule has 7 nitrogen and oxygen atoms in total. The summed E-state index contributed by atoms with van der Waals surface area (Å²) < 4.78 is 31.4. The lowest BCUT2D eigenvalue weighted by atomic mass is 10.1. The van der Waals surface area contributed by atoms with E-state index in [2.05, 4.69) is 14.9 Å². The van der Waals surface area contributed by atoms with E-state index in [1.807, 2.05) is 6.92 Å². The molecular formula is C12H16N4O3S. The van der Waals surface area contributed by atoms with Crippen molar-refractivity contribution < 1.29 is 12.9 Å². The number of nitrogens with two attached hydrogens (primary N) is 1. The first-order valence-electron chi connectivity index (χ1n) is 6.11. The Morgan fingerprint density at radius 2 is 2.20 bits per heavy atom. The number of aryl methyl sites for hydroxylation is 1. The van der Waals surface area contributed by atoms with Crippen molar-refractivity contribution in [3.05, 3.63) is 35.7 Å². The van der Waals surface area contributed by atoms with Gasteiger partial charge in [-0.1, -0.05) is 24.2 Å². The highest BCUT2D eigenvalue weighted by molar-refractivity contribution is 7.92. The first-order valence-corrected chi connectivity index (χ1v) is 7.59. The van der Waals surface area contributed by atoms with Gasteiger partial charge in [0, 0.05) is 6.04 Å². The molecule has 0 fully saturated rings. The molecular weight excluding hydrogens is 280 g/mol. The van der Waals surface area contributed by atoms with E-state index in [9.17, 15) is 8.42 Å². The maximum absolute atomic E-state index is 12.2. The molecule has 2 rings (SSSR count). The number of hydrogen-bond donors (Lipinski definition) is 2. The van der Waals surface area contributed by atoms with Crippen LogP contribution in [-0.4, -0.2) is 18.6 Å². The zero-order valence-electron chi connectivity index (χ0n) is 11.2. The molecule has 0 radical (unpaired) electrons. The summed E-state index contributed by atoms with van der Waals surface area (Å²) in [6.07, 6.45) is 0.722. The normalized spacial score (nSPS) is 13.2. The van der Waals surface area contributed by atoms with Gasteiger partial charge in [-0.2, -0.15) is 4.98 Å². The summed E-state index contributed by atoms with van der Waals surface area (Å²) in [6, 6.07) is 6.11. The zero-order valence-corrected chi connectivity index (χ0v) is 12.0. The van der Waals surface area contributed by atoms with Gasteiger partial charge in [-0.25, -0.2) is 13.1 Å². The van der Waals surface area contributed by atoms with Gasteiger partial charge in [0.25, 0.3) is 10.0 Å². The third-order valence-electron chi connectivity index (χ3n) is 2.79. The van der Waals surface area contributed by atoms with Gasteiger partial charge in [-0.3, -0.25) is 0 Å². The Morgan fingerprint density at radius 1 is 1.45 bits per heavy atom. The molecule has 1 aromatic heterocycles. The molecule has 0 saturated carbocycles. The van der Waals surface area contributed by atoms with Gasteiger partial charge in [-0.05, 0) is 31.0 Å². The summed E-state index contributed by atoms with van der Waals surface area (Å²) in [5.41, 5.74) is 6.67. The predicted octanol–water partition coefficient (Wildman–Crippen LogP) is 1.59. The fourth-order valence-corrected chi connectivity index (χ4v) is 2.64. The average molecular weight is 296 g/mol. The lowest BCUT2D eigenvalue weighted by Crippen LogP contribution is -2.15. The Labute approximate surface area is 117 Å². The minimum absolute atomic E-state index is 0.106. The second-order valence-electron chi connectivity index (χ2n) is 4.34. The fourth-order valence-electron chi connectivity index (χ4n) is 1.66. The summed E-state index contributed by atoms with van der Waals surface area (Å²) >= 11 is 0. The number of sulfonamides is 1. The summed E-state index contributed by atoms with van der Waals surface area (Å²) in [4.78, 5) is 3.91. The summed E-state index contributed by atoms with van der Waals surface area (Å²) in [7, 11) is -3.77. The van der Waals surface area contributed by atoms with Crippen molar-refractivity contribution in [1.82, 2.24) is 10.1 Å². The third kappa shape index (κ3) is 3.14. The first-order chi connectivity index (χ1) is 9.42. The van der Waals surface area contributed by atoms with Crippen LogP contribution in [0.4, 0.5) is 6.01 Å². The second-order valence-corrected chi connectivity index (χ2v) is 6.02. The minimum atomic E-state index is -3.77. The van der Waals surface area contributed by atoms with Crippen LogP contribution in [0.15, 0.2) is 33.7 Å². The van der Waals surface area contributed by atoms with Crippen molar-refractivity contribution in [1.29, 1.82) is 0 Å². The number of aromatic nitrogens is 2. The molecule has 0 amide bonds. The third-order valence-corrected chi connectivity index (χ3v) is 4.10. The Kier molecular flexibility index (Phi) is 4.05. The van der Waals surface area contributed by atoms with Gasteiger partial charge in [0.1, 0.15) is 0 Å². The molecule has 108 valence electrons. The molecule has 1 aromatic carbocycles. The van der Waals surface area contributed by atoms with Gasteiger partial charge in [0.15, 0.2) is 5.82 Å². The maximum Gasteiger partial charge on any atom is 0.335 e. The molecule has 0 aliphatic carbocycles.